The molecule has 4 rings (SSSR count). The zero-order valence-electron chi connectivity index (χ0n) is 17.0. The quantitative estimate of drug-likeness (QED) is 0.300. The number of thioether (sulfide) groups is 1. The molecule has 0 aliphatic carbocycles. The number of rotatable bonds is 5. The third kappa shape index (κ3) is 5.29. The summed E-state index contributed by atoms with van der Waals surface area (Å²) in [7, 11) is -3.65. The number of hydrogen-bond donors (Lipinski definition) is 1. The van der Waals surface area contributed by atoms with Crippen LogP contribution in [-0.4, -0.2) is 14.2 Å². The van der Waals surface area contributed by atoms with Crippen LogP contribution in [0.1, 0.15) is 11.1 Å². The lowest BCUT2D eigenvalue weighted by atomic mass is 10.1. The van der Waals surface area contributed by atoms with Crippen molar-refractivity contribution < 1.29 is 8.42 Å². The first-order valence-corrected chi connectivity index (χ1v) is 12.3. The number of aryl methyl sites for hydroxylation is 1. The van der Waals surface area contributed by atoms with E-state index in [2.05, 4.69) is 40.8 Å². The third-order valence-electron chi connectivity index (χ3n) is 4.74. The molecule has 154 valence electrons. The molecule has 0 fully saturated rings. The van der Waals surface area contributed by atoms with Crippen LogP contribution in [0.3, 0.4) is 0 Å². The van der Waals surface area contributed by atoms with Crippen LogP contribution in [0.5, 0.6) is 0 Å². The number of anilines is 1. The second kappa shape index (κ2) is 9.30. The number of para-hydroxylation sites is 1. The van der Waals surface area contributed by atoms with E-state index in [0.29, 0.717) is 11.4 Å². The maximum Gasteiger partial charge on any atom is 0.261 e. The molecule has 0 spiro atoms. The topological polar surface area (TPSA) is 46.2 Å². The van der Waals surface area contributed by atoms with Gasteiger partial charge in [-0.05, 0) is 54.1 Å². The van der Waals surface area contributed by atoms with Crippen molar-refractivity contribution in [2.45, 2.75) is 16.7 Å². The number of hydrogen-bond acceptors (Lipinski definition) is 3. The molecule has 0 aliphatic heterocycles. The second-order valence-electron chi connectivity index (χ2n) is 7.07. The Kier molecular flexibility index (Phi) is 6.31. The van der Waals surface area contributed by atoms with E-state index in [-0.39, 0.29) is 4.90 Å². The van der Waals surface area contributed by atoms with Gasteiger partial charge in [-0.25, -0.2) is 8.42 Å². The van der Waals surface area contributed by atoms with Crippen molar-refractivity contribution in [2.75, 3.05) is 10.5 Å². The van der Waals surface area contributed by atoms with E-state index in [1.54, 1.807) is 30.3 Å². The second-order valence-corrected chi connectivity index (χ2v) is 9.77. The standard InChI is InChI=1S/C26H21NO2S2/c1-20-12-16-24(17-13-20)31(28,29)27-25-10-4-5-11-26(25)30-18-6-7-21-14-15-22-8-2-3-9-23(22)19-21/h2-5,8-17,19,27H,18H2,1H3. The zero-order valence-corrected chi connectivity index (χ0v) is 18.6. The Hall–Kier alpha value is -3.20. The number of sulfonamides is 1. The fourth-order valence-electron chi connectivity index (χ4n) is 3.12. The van der Waals surface area contributed by atoms with Crippen LogP contribution in [-0.2, 0) is 10.0 Å². The van der Waals surface area contributed by atoms with E-state index in [9.17, 15) is 8.42 Å². The highest BCUT2D eigenvalue weighted by atomic mass is 32.2. The summed E-state index contributed by atoms with van der Waals surface area (Å²) < 4.78 is 28.2. The van der Waals surface area contributed by atoms with Gasteiger partial charge < -0.3 is 0 Å². The van der Waals surface area contributed by atoms with E-state index in [1.165, 1.54) is 17.1 Å². The maximum atomic E-state index is 12.7. The van der Waals surface area contributed by atoms with Gasteiger partial charge in [0.1, 0.15) is 0 Å². The highest BCUT2D eigenvalue weighted by molar-refractivity contribution is 7.99. The first-order chi connectivity index (χ1) is 15.0. The Labute approximate surface area is 187 Å². The molecule has 0 saturated carbocycles. The molecule has 4 aromatic rings. The van der Waals surface area contributed by atoms with Gasteiger partial charge in [0, 0.05) is 10.5 Å². The van der Waals surface area contributed by atoms with Gasteiger partial charge in [-0.3, -0.25) is 4.72 Å². The lowest BCUT2D eigenvalue weighted by Crippen LogP contribution is -2.13. The van der Waals surface area contributed by atoms with E-state index >= 15 is 0 Å². The first kappa shape index (κ1) is 21.0. The van der Waals surface area contributed by atoms with Crippen LogP contribution in [0.2, 0.25) is 0 Å². The average Bonchev–Trinajstić information content (AvgIpc) is 2.78. The molecule has 0 saturated heterocycles. The van der Waals surface area contributed by atoms with Crippen molar-refractivity contribution >= 4 is 38.2 Å². The van der Waals surface area contributed by atoms with Crippen LogP contribution >= 0.6 is 11.8 Å². The molecular weight excluding hydrogens is 422 g/mol. The Morgan fingerprint density at radius 3 is 2.35 bits per heavy atom. The van der Waals surface area contributed by atoms with Gasteiger partial charge in [0.2, 0.25) is 0 Å². The van der Waals surface area contributed by atoms with E-state index < -0.39 is 10.0 Å². The van der Waals surface area contributed by atoms with Crippen LogP contribution in [0.4, 0.5) is 5.69 Å². The molecule has 3 nitrogen and oxygen atoms in total. The number of nitrogens with one attached hydrogen (secondary N) is 1. The number of fused-ring (bicyclic) bond motifs is 1. The van der Waals surface area contributed by atoms with Crippen LogP contribution < -0.4 is 4.72 Å². The lowest BCUT2D eigenvalue weighted by molar-refractivity contribution is 0.601. The van der Waals surface area contributed by atoms with Crippen molar-refractivity contribution in [3.8, 4) is 11.8 Å². The monoisotopic (exact) mass is 443 g/mol. The van der Waals surface area contributed by atoms with E-state index in [4.69, 9.17) is 0 Å². The number of benzene rings is 4. The van der Waals surface area contributed by atoms with Gasteiger partial charge in [0.25, 0.3) is 10.0 Å². The van der Waals surface area contributed by atoms with Crippen LogP contribution in [0.15, 0.2) is 101 Å². The Balaban J connectivity index is 1.47. The van der Waals surface area contributed by atoms with Crippen molar-refractivity contribution in [1.82, 2.24) is 0 Å². The fourth-order valence-corrected chi connectivity index (χ4v) is 5.01. The maximum absolute atomic E-state index is 12.7. The predicted molar refractivity (Wildman–Crippen MR) is 130 cm³/mol. The summed E-state index contributed by atoms with van der Waals surface area (Å²) >= 11 is 1.51. The van der Waals surface area contributed by atoms with Gasteiger partial charge in [-0.2, -0.15) is 0 Å². The molecule has 31 heavy (non-hydrogen) atoms. The molecule has 0 aromatic heterocycles. The molecule has 1 N–H and O–H groups in total. The van der Waals surface area contributed by atoms with Crippen molar-refractivity contribution in [1.29, 1.82) is 0 Å². The van der Waals surface area contributed by atoms with Crippen molar-refractivity contribution in [3.05, 3.63) is 102 Å². The summed E-state index contributed by atoms with van der Waals surface area (Å²) in [4.78, 5) is 1.08. The Bertz CT molecular complexity index is 1380. The minimum Gasteiger partial charge on any atom is -0.278 e. The fraction of sp³-hybridized carbons (Fsp3) is 0.0769. The van der Waals surface area contributed by atoms with Gasteiger partial charge in [0.15, 0.2) is 0 Å². The van der Waals surface area contributed by atoms with Crippen LogP contribution in [0, 0.1) is 18.8 Å². The third-order valence-corrected chi connectivity index (χ3v) is 7.08. The Morgan fingerprint density at radius 1 is 0.839 bits per heavy atom. The molecule has 0 heterocycles. The van der Waals surface area contributed by atoms with Crippen molar-refractivity contribution in [2.24, 2.45) is 0 Å². The molecular formula is C26H21NO2S2. The predicted octanol–water partition coefficient (Wildman–Crippen LogP) is 6.09. The first-order valence-electron chi connectivity index (χ1n) is 9.80. The van der Waals surface area contributed by atoms with Gasteiger partial charge in [-0.15, -0.1) is 11.8 Å². The molecule has 5 heteroatoms. The minimum atomic E-state index is -3.65. The summed E-state index contributed by atoms with van der Waals surface area (Å²) in [6.07, 6.45) is 0. The van der Waals surface area contributed by atoms with Crippen molar-refractivity contribution in [3.63, 3.8) is 0 Å². The molecule has 0 aliphatic rings. The van der Waals surface area contributed by atoms with E-state index in [0.717, 1.165) is 21.4 Å². The summed E-state index contributed by atoms with van der Waals surface area (Å²) in [5, 5.41) is 2.36. The largest absolute Gasteiger partial charge is 0.278 e. The lowest BCUT2D eigenvalue weighted by Gasteiger charge is -2.11. The summed E-state index contributed by atoms with van der Waals surface area (Å²) in [6, 6.07) is 28.5. The van der Waals surface area contributed by atoms with Gasteiger partial charge in [0.05, 0.1) is 16.3 Å². The zero-order chi connectivity index (χ0) is 21.7. The average molecular weight is 444 g/mol. The Morgan fingerprint density at radius 2 is 1.55 bits per heavy atom. The highest BCUT2D eigenvalue weighted by Crippen LogP contribution is 2.28. The summed E-state index contributed by atoms with van der Waals surface area (Å²) in [5.41, 5.74) is 2.54. The SMILES string of the molecule is Cc1ccc(S(=O)(=O)Nc2ccccc2SCC#Cc2ccc3ccccc3c2)cc1. The molecule has 0 unspecified atom stereocenters. The molecule has 0 radical (unpaired) electrons. The summed E-state index contributed by atoms with van der Waals surface area (Å²) in [6.45, 7) is 1.93. The molecule has 4 aromatic carbocycles. The van der Waals surface area contributed by atoms with Crippen LogP contribution in [0.25, 0.3) is 10.8 Å². The molecule has 0 amide bonds. The molecule has 0 bridgehead atoms. The summed E-state index contributed by atoms with van der Waals surface area (Å²) in [5.74, 6) is 6.93. The van der Waals surface area contributed by atoms with E-state index in [1.807, 2.05) is 43.3 Å². The van der Waals surface area contributed by atoms with Gasteiger partial charge in [-0.1, -0.05) is 72.0 Å². The smallest absolute Gasteiger partial charge is 0.261 e. The molecule has 0 atom stereocenters. The highest BCUT2D eigenvalue weighted by Gasteiger charge is 2.15. The minimum absolute atomic E-state index is 0.244. The van der Waals surface area contributed by atoms with Gasteiger partial charge >= 0.3 is 0 Å². The normalized spacial score (nSPS) is 11.0.